The Labute approximate surface area is 460 Å². The molecular weight excluding hydrogens is 1100 g/mol. The number of benzene rings is 9. The summed E-state index contributed by atoms with van der Waals surface area (Å²) in [7, 11) is 0. The van der Waals surface area contributed by atoms with Crippen LogP contribution in [0.25, 0.3) is 97.4 Å². The molecule has 1 aliphatic heterocycles. The predicted octanol–water partition coefficient (Wildman–Crippen LogP) is 20.2. The molecule has 0 radical (unpaired) electrons. The third-order valence-electron chi connectivity index (χ3n) is 15.7. The van der Waals surface area contributed by atoms with Crippen LogP contribution in [0.15, 0.2) is 200 Å². The van der Waals surface area contributed by atoms with Gasteiger partial charge in [0.05, 0.1) is 73.0 Å². The molecule has 0 amide bonds. The van der Waals surface area contributed by atoms with Gasteiger partial charge in [-0.05, 0) is 95.6 Å². The lowest BCUT2D eigenvalue weighted by atomic mass is 9.85. The second-order valence-electron chi connectivity index (χ2n) is 20.3. The van der Waals surface area contributed by atoms with Crippen LogP contribution in [0.5, 0.6) is 0 Å². The normalized spacial score (nSPS) is 15.8. The van der Waals surface area contributed by atoms with Gasteiger partial charge in [-0.15, -0.1) is 11.3 Å². The van der Waals surface area contributed by atoms with Gasteiger partial charge < -0.3 is 14.0 Å². The van der Waals surface area contributed by atoms with Crippen LogP contribution < -0.4 is 4.90 Å². The SMILES string of the molecule is N#Cc1c(-c2ccccc2)c(N2c3ccc(C(F)(F)F)cc3C3C=C(C(F)(F)F)C=CC32)c(-n2c3ccccc3c3cc4sc5ccccc5c4cc32)c(-n2c3ccc(C(F)(F)F)cc3c3cc(C(F)(F)F)ccc32)c1-c1ccccc1. The number of hydrogen-bond donors (Lipinski definition) is 0. The summed E-state index contributed by atoms with van der Waals surface area (Å²) >= 11 is 1.55. The maximum Gasteiger partial charge on any atom is 0.416 e. The van der Waals surface area contributed by atoms with Gasteiger partial charge in [-0.1, -0.05) is 115 Å². The molecule has 9 aromatic carbocycles. The summed E-state index contributed by atoms with van der Waals surface area (Å²) in [6, 6.07) is 45.6. The highest BCUT2D eigenvalue weighted by molar-refractivity contribution is 7.25. The molecule has 4 heterocycles. The Hall–Kier alpha value is -9.27. The smallest absolute Gasteiger partial charge is 0.331 e. The topological polar surface area (TPSA) is 36.9 Å². The van der Waals surface area contributed by atoms with Crippen LogP contribution in [0.2, 0.25) is 0 Å². The fraction of sp³-hybridized carbons (Fsp3) is 0.0923. The molecule has 1 aliphatic carbocycles. The van der Waals surface area contributed by atoms with Gasteiger partial charge in [0.2, 0.25) is 0 Å². The molecule has 2 aliphatic rings. The summed E-state index contributed by atoms with van der Waals surface area (Å²) < 4.78 is 185. The number of rotatable bonds is 5. The second-order valence-corrected chi connectivity index (χ2v) is 21.3. The van der Waals surface area contributed by atoms with Gasteiger partial charge in [-0.25, -0.2) is 0 Å². The Bertz CT molecular complexity index is 4710. The Morgan fingerprint density at radius 2 is 0.939 bits per heavy atom. The molecule has 0 bridgehead atoms. The van der Waals surface area contributed by atoms with E-state index in [-0.39, 0.29) is 66.8 Å². The quantitative estimate of drug-likeness (QED) is 0.161. The van der Waals surface area contributed by atoms with Gasteiger partial charge in [-0.2, -0.15) is 57.9 Å². The van der Waals surface area contributed by atoms with Crippen molar-refractivity contribution in [2.24, 2.45) is 0 Å². The zero-order chi connectivity index (χ0) is 56.9. The van der Waals surface area contributed by atoms with Crippen LogP contribution in [-0.4, -0.2) is 21.4 Å². The summed E-state index contributed by atoms with van der Waals surface area (Å²) in [5.41, 5.74) is -2.50. The van der Waals surface area contributed by atoms with Crippen molar-refractivity contribution >= 4 is 86.5 Å². The van der Waals surface area contributed by atoms with Crippen molar-refractivity contribution in [2.75, 3.05) is 4.90 Å². The first-order valence-corrected chi connectivity index (χ1v) is 26.3. The molecule has 2 atom stereocenters. The predicted molar refractivity (Wildman–Crippen MR) is 297 cm³/mol. The molecular formula is C65H34F12N4S. The lowest BCUT2D eigenvalue weighted by Crippen LogP contribution is -2.32. The number of nitriles is 1. The fourth-order valence-corrected chi connectivity index (χ4v) is 13.5. The molecule has 0 spiro atoms. The average Bonchev–Trinajstić information content (AvgIpc) is 4.16. The largest absolute Gasteiger partial charge is 0.416 e. The fourth-order valence-electron chi connectivity index (χ4n) is 12.3. The Morgan fingerprint density at radius 3 is 1.54 bits per heavy atom. The molecule has 2 unspecified atom stereocenters. The van der Waals surface area contributed by atoms with Gasteiger partial charge >= 0.3 is 24.7 Å². The average molecular weight is 1130 g/mol. The van der Waals surface area contributed by atoms with Gasteiger partial charge in [0.15, 0.2) is 0 Å². The van der Waals surface area contributed by atoms with E-state index in [1.807, 2.05) is 59.2 Å². The van der Waals surface area contributed by atoms with Crippen molar-refractivity contribution in [3.63, 3.8) is 0 Å². The Morgan fingerprint density at radius 1 is 0.427 bits per heavy atom. The summed E-state index contributed by atoms with van der Waals surface area (Å²) in [5.74, 6) is -1.41. The number of thiophene rings is 1. The van der Waals surface area contributed by atoms with E-state index in [1.54, 1.807) is 83.0 Å². The molecule has 17 heteroatoms. The molecule has 3 aromatic heterocycles. The van der Waals surface area contributed by atoms with Gasteiger partial charge in [0, 0.05) is 64.4 Å². The molecule has 0 saturated heterocycles. The molecule has 404 valence electrons. The van der Waals surface area contributed by atoms with Crippen molar-refractivity contribution < 1.29 is 52.7 Å². The number of halogens is 12. The maximum atomic E-state index is 15.0. The highest BCUT2D eigenvalue weighted by Crippen LogP contribution is 2.59. The van der Waals surface area contributed by atoms with E-state index in [9.17, 15) is 57.9 Å². The lowest BCUT2D eigenvalue weighted by molar-refractivity contribution is -0.138. The van der Waals surface area contributed by atoms with Gasteiger partial charge in [0.1, 0.15) is 6.07 Å². The van der Waals surface area contributed by atoms with E-state index < -0.39 is 58.9 Å². The van der Waals surface area contributed by atoms with Crippen molar-refractivity contribution in [3.8, 4) is 39.7 Å². The van der Waals surface area contributed by atoms with E-state index in [2.05, 4.69) is 6.07 Å². The lowest BCUT2D eigenvalue weighted by Gasteiger charge is -2.36. The van der Waals surface area contributed by atoms with E-state index >= 15 is 0 Å². The van der Waals surface area contributed by atoms with Gasteiger partial charge in [-0.3, -0.25) is 0 Å². The van der Waals surface area contributed by atoms with E-state index in [0.29, 0.717) is 32.9 Å². The number of para-hydroxylation sites is 1. The zero-order valence-corrected chi connectivity index (χ0v) is 42.7. The first-order chi connectivity index (χ1) is 39.2. The summed E-state index contributed by atoms with van der Waals surface area (Å²) in [5, 5.41) is 14.7. The molecule has 82 heavy (non-hydrogen) atoms. The minimum Gasteiger partial charge on any atom is -0.331 e. The third kappa shape index (κ3) is 7.74. The first-order valence-electron chi connectivity index (χ1n) is 25.5. The Balaban J connectivity index is 1.28. The standard InChI is InChI=1S/C65H34F12N4S/c66-62(67,68)36-19-23-50-42(27-36)43-28-37(63(69,70)71)20-24-51(43)79(50)59-57(34-11-3-1-4-12-34)48(33-78)58(35-13-5-2-6-14-35)60(80-52-25-21-38(64(72,73)74)29-44(52)45-30-39(65(75,76)77)22-26-53(45)80)61(59)81-49-17-9-7-15-40(49)46-32-56-47(31-54(46)81)41-16-8-10-18-55(41)82-56/h1-32,42,50H. The molecule has 12 aromatic rings. The van der Waals surface area contributed by atoms with E-state index in [4.69, 9.17) is 0 Å². The van der Waals surface area contributed by atoms with E-state index in [0.717, 1.165) is 80.9 Å². The molecule has 0 N–H and O–H groups in total. The highest BCUT2D eigenvalue weighted by Gasteiger charge is 2.47. The number of aromatic nitrogens is 2. The number of alkyl halides is 12. The third-order valence-corrected chi connectivity index (χ3v) is 16.9. The molecule has 14 rings (SSSR count). The van der Waals surface area contributed by atoms with E-state index in [1.165, 1.54) is 16.7 Å². The van der Waals surface area contributed by atoms with Crippen LogP contribution in [0.3, 0.4) is 0 Å². The van der Waals surface area contributed by atoms with Crippen LogP contribution in [0.4, 0.5) is 64.1 Å². The molecule has 0 fully saturated rings. The molecule has 0 saturated carbocycles. The van der Waals surface area contributed by atoms with Crippen LogP contribution in [0, 0.1) is 11.3 Å². The molecule has 4 nitrogen and oxygen atoms in total. The maximum absolute atomic E-state index is 15.0. The van der Waals surface area contributed by atoms with Gasteiger partial charge in [0.25, 0.3) is 0 Å². The first kappa shape index (κ1) is 50.9. The van der Waals surface area contributed by atoms with Crippen molar-refractivity contribution in [2.45, 2.75) is 36.7 Å². The second kappa shape index (κ2) is 17.9. The van der Waals surface area contributed by atoms with Crippen molar-refractivity contribution in [1.29, 1.82) is 5.26 Å². The van der Waals surface area contributed by atoms with Crippen molar-refractivity contribution in [3.05, 3.63) is 228 Å². The number of allylic oxidation sites excluding steroid dienone is 2. The van der Waals surface area contributed by atoms with Crippen molar-refractivity contribution in [1.82, 2.24) is 9.13 Å². The monoisotopic (exact) mass is 1130 g/mol. The summed E-state index contributed by atoms with van der Waals surface area (Å²) in [4.78, 5) is 1.63. The number of anilines is 2. The zero-order valence-electron chi connectivity index (χ0n) is 41.9. The highest BCUT2D eigenvalue weighted by atomic mass is 32.1. The van der Waals surface area contributed by atoms with Crippen LogP contribution in [0.1, 0.15) is 33.7 Å². The van der Waals surface area contributed by atoms with Crippen LogP contribution >= 0.6 is 11.3 Å². The summed E-state index contributed by atoms with van der Waals surface area (Å²) in [6.45, 7) is 0. The number of fused-ring (bicyclic) bond motifs is 12. The Kier molecular flexibility index (Phi) is 11.1. The number of hydrogen-bond acceptors (Lipinski definition) is 3. The minimum absolute atomic E-state index is 0.0279. The van der Waals surface area contributed by atoms with Crippen LogP contribution in [-0.2, 0) is 18.5 Å². The number of nitrogens with zero attached hydrogens (tertiary/aromatic N) is 4. The summed E-state index contributed by atoms with van der Waals surface area (Å²) in [6.07, 6.45) is -16.8. The minimum atomic E-state index is -4.97.